The number of halogens is 2. The summed E-state index contributed by atoms with van der Waals surface area (Å²) in [7, 11) is 3.51. The molecule has 0 radical (unpaired) electrons. The van der Waals surface area contributed by atoms with Gasteiger partial charge in [0.1, 0.15) is 17.6 Å². The van der Waals surface area contributed by atoms with Crippen molar-refractivity contribution in [1.82, 2.24) is 24.3 Å². The molecule has 1 saturated heterocycles. The van der Waals surface area contributed by atoms with Crippen LogP contribution in [-0.2, 0) is 18.8 Å². The number of nitrogens with zero attached hydrogens (tertiary/aromatic N) is 6. The summed E-state index contributed by atoms with van der Waals surface area (Å²) in [6, 6.07) is 4.86. The quantitative estimate of drug-likeness (QED) is 0.458. The van der Waals surface area contributed by atoms with E-state index in [-0.39, 0.29) is 22.4 Å². The number of morpholine rings is 1. The predicted octanol–water partition coefficient (Wildman–Crippen LogP) is 3.41. The highest BCUT2D eigenvalue weighted by molar-refractivity contribution is 6.30. The fourth-order valence-electron chi connectivity index (χ4n) is 4.16. The number of fused-ring (bicyclic) bond motifs is 1. The van der Waals surface area contributed by atoms with Crippen molar-refractivity contribution in [2.24, 2.45) is 14.1 Å². The molecule has 4 heterocycles. The second-order valence-electron chi connectivity index (χ2n) is 8.15. The Morgan fingerprint density at radius 3 is 2.76 bits per heavy atom. The summed E-state index contributed by atoms with van der Waals surface area (Å²) in [6.07, 6.45) is 4.94. The second-order valence-corrected chi connectivity index (χ2v) is 8.58. The molecule has 10 heteroatoms. The van der Waals surface area contributed by atoms with Gasteiger partial charge >= 0.3 is 0 Å². The zero-order valence-corrected chi connectivity index (χ0v) is 19.2. The van der Waals surface area contributed by atoms with Crippen molar-refractivity contribution in [3.05, 3.63) is 69.4 Å². The minimum absolute atomic E-state index is 0.0612. The molecule has 170 valence electrons. The number of hydrogen-bond donors (Lipinski definition) is 0. The molecule has 0 bridgehead atoms. The van der Waals surface area contributed by atoms with Crippen molar-refractivity contribution in [2.45, 2.75) is 13.0 Å². The smallest absolute Gasteiger partial charge is 0.261 e. The van der Waals surface area contributed by atoms with Gasteiger partial charge in [0.05, 0.1) is 28.7 Å². The summed E-state index contributed by atoms with van der Waals surface area (Å²) < 4.78 is 24.1. The third-order valence-electron chi connectivity index (χ3n) is 5.98. The Morgan fingerprint density at radius 2 is 2.03 bits per heavy atom. The van der Waals surface area contributed by atoms with Gasteiger partial charge < -0.3 is 9.64 Å². The average molecular weight is 469 g/mol. The van der Waals surface area contributed by atoms with Gasteiger partial charge in [-0.15, -0.1) is 0 Å². The fourth-order valence-corrected chi connectivity index (χ4v) is 4.31. The normalized spacial score (nSPS) is 16.5. The van der Waals surface area contributed by atoms with E-state index >= 15 is 0 Å². The van der Waals surface area contributed by atoms with Crippen LogP contribution in [0.5, 0.6) is 0 Å². The lowest BCUT2D eigenvalue weighted by atomic mass is 10.0. The maximum absolute atomic E-state index is 14.9. The van der Waals surface area contributed by atoms with Crippen LogP contribution in [-0.4, -0.2) is 44.0 Å². The summed E-state index contributed by atoms with van der Waals surface area (Å²) in [5, 5.41) is 4.74. The summed E-state index contributed by atoms with van der Waals surface area (Å²) in [5.74, 6) is -0.0332. The van der Waals surface area contributed by atoms with E-state index in [0.717, 1.165) is 11.3 Å². The molecular formula is C23H22ClFN6O2. The summed E-state index contributed by atoms with van der Waals surface area (Å²) >= 11 is 5.92. The van der Waals surface area contributed by atoms with Crippen LogP contribution >= 0.6 is 11.6 Å². The van der Waals surface area contributed by atoms with E-state index in [2.05, 4.69) is 20.0 Å². The van der Waals surface area contributed by atoms with Gasteiger partial charge in [-0.1, -0.05) is 11.6 Å². The van der Waals surface area contributed by atoms with Gasteiger partial charge in [-0.05, 0) is 25.1 Å². The second kappa shape index (κ2) is 8.24. The topological polar surface area (TPSA) is 78.1 Å². The Morgan fingerprint density at radius 1 is 1.21 bits per heavy atom. The van der Waals surface area contributed by atoms with E-state index in [4.69, 9.17) is 16.3 Å². The molecule has 1 aliphatic heterocycles. The van der Waals surface area contributed by atoms with Crippen molar-refractivity contribution >= 4 is 28.2 Å². The van der Waals surface area contributed by atoms with Gasteiger partial charge in [0, 0.05) is 56.4 Å². The third kappa shape index (κ3) is 3.87. The van der Waals surface area contributed by atoms with Crippen LogP contribution in [0.15, 0.2) is 41.6 Å². The van der Waals surface area contributed by atoms with Crippen LogP contribution in [0.3, 0.4) is 0 Å². The highest BCUT2D eigenvalue weighted by Crippen LogP contribution is 2.34. The van der Waals surface area contributed by atoms with Crippen molar-refractivity contribution < 1.29 is 9.13 Å². The molecule has 1 aromatic carbocycles. The van der Waals surface area contributed by atoms with Crippen molar-refractivity contribution in [3.63, 3.8) is 0 Å². The number of pyridine rings is 1. The SMILES string of the molecule is Cc1nc2cc(N3CCOC(c4cnn(C)c4)C3)cc(-c3ncc(Cl)cc3F)c2c(=O)n1C. The number of ether oxygens (including phenoxy) is 1. The molecule has 0 spiro atoms. The number of rotatable bonds is 3. The number of aryl methyl sites for hydroxylation is 2. The number of benzene rings is 1. The van der Waals surface area contributed by atoms with E-state index in [0.29, 0.717) is 42.0 Å². The van der Waals surface area contributed by atoms with Crippen molar-refractivity contribution in [3.8, 4) is 11.3 Å². The number of aromatic nitrogens is 5. The van der Waals surface area contributed by atoms with E-state index in [1.807, 2.05) is 19.3 Å². The average Bonchev–Trinajstić information content (AvgIpc) is 3.23. The summed E-state index contributed by atoms with van der Waals surface area (Å²) in [6.45, 7) is 3.50. The molecule has 0 aliphatic carbocycles. The predicted molar refractivity (Wildman–Crippen MR) is 124 cm³/mol. The largest absolute Gasteiger partial charge is 0.370 e. The van der Waals surface area contributed by atoms with Crippen LogP contribution in [0.1, 0.15) is 17.5 Å². The molecule has 5 rings (SSSR count). The van der Waals surface area contributed by atoms with Gasteiger partial charge in [0.2, 0.25) is 0 Å². The molecule has 0 saturated carbocycles. The summed E-state index contributed by atoms with van der Waals surface area (Å²) in [4.78, 5) is 24.1. The molecule has 0 amide bonds. The van der Waals surface area contributed by atoms with Crippen LogP contribution < -0.4 is 10.5 Å². The molecule has 8 nitrogen and oxygen atoms in total. The molecule has 1 atom stereocenters. The van der Waals surface area contributed by atoms with E-state index in [9.17, 15) is 9.18 Å². The van der Waals surface area contributed by atoms with Gasteiger partial charge in [-0.3, -0.25) is 19.0 Å². The molecule has 3 aromatic heterocycles. The molecule has 4 aromatic rings. The minimum Gasteiger partial charge on any atom is -0.370 e. The Labute approximate surface area is 194 Å². The lowest BCUT2D eigenvalue weighted by Crippen LogP contribution is -2.38. The first kappa shape index (κ1) is 21.5. The van der Waals surface area contributed by atoms with Gasteiger partial charge in [0.25, 0.3) is 5.56 Å². The Hall–Kier alpha value is -3.30. The lowest BCUT2D eigenvalue weighted by molar-refractivity contribution is 0.0397. The zero-order chi connectivity index (χ0) is 23.3. The van der Waals surface area contributed by atoms with Crippen molar-refractivity contribution in [2.75, 3.05) is 24.6 Å². The Kier molecular flexibility index (Phi) is 5.38. The molecule has 1 aliphatic rings. The highest BCUT2D eigenvalue weighted by atomic mass is 35.5. The first-order valence-corrected chi connectivity index (χ1v) is 10.9. The van der Waals surface area contributed by atoms with Gasteiger partial charge in [-0.2, -0.15) is 5.10 Å². The van der Waals surface area contributed by atoms with Crippen LogP contribution in [0.25, 0.3) is 22.2 Å². The standard InChI is InChI=1S/C23H22ClFN6O2/c1-13-28-19-8-16(31-4-5-33-20(12-31)14-9-27-29(2)11-14)7-17(21(19)23(32)30(13)3)22-18(25)6-15(24)10-26-22/h6-11,20H,4-5,12H2,1-3H3. The monoisotopic (exact) mass is 468 g/mol. The molecular weight excluding hydrogens is 447 g/mol. The first-order valence-electron chi connectivity index (χ1n) is 10.5. The third-order valence-corrected chi connectivity index (χ3v) is 6.19. The molecule has 0 N–H and O–H groups in total. The molecule has 1 fully saturated rings. The molecule has 1 unspecified atom stereocenters. The van der Waals surface area contributed by atoms with E-state index in [1.54, 1.807) is 30.9 Å². The van der Waals surface area contributed by atoms with Crippen molar-refractivity contribution in [1.29, 1.82) is 0 Å². The van der Waals surface area contributed by atoms with Crippen LogP contribution in [0.4, 0.5) is 10.1 Å². The highest BCUT2D eigenvalue weighted by Gasteiger charge is 2.25. The maximum Gasteiger partial charge on any atom is 0.261 e. The van der Waals surface area contributed by atoms with Gasteiger partial charge in [-0.25, -0.2) is 9.37 Å². The number of hydrogen-bond acceptors (Lipinski definition) is 6. The van der Waals surface area contributed by atoms with Crippen LogP contribution in [0, 0.1) is 12.7 Å². The fraction of sp³-hybridized carbons (Fsp3) is 0.304. The molecule has 33 heavy (non-hydrogen) atoms. The van der Waals surface area contributed by atoms with Crippen LogP contribution in [0.2, 0.25) is 5.02 Å². The zero-order valence-electron chi connectivity index (χ0n) is 18.4. The minimum atomic E-state index is -0.598. The van der Waals surface area contributed by atoms with E-state index in [1.165, 1.54) is 16.8 Å². The Balaban J connectivity index is 1.67. The first-order chi connectivity index (χ1) is 15.8. The summed E-state index contributed by atoms with van der Waals surface area (Å²) in [5.41, 5.74) is 2.47. The Bertz CT molecular complexity index is 1430. The number of anilines is 1. The lowest BCUT2D eigenvalue weighted by Gasteiger charge is -2.34. The van der Waals surface area contributed by atoms with Gasteiger partial charge in [0.15, 0.2) is 5.82 Å². The maximum atomic E-state index is 14.9. The van der Waals surface area contributed by atoms with E-state index < -0.39 is 5.82 Å².